The predicted molar refractivity (Wildman–Crippen MR) is 92.4 cm³/mol. The number of hydrogen-bond donors (Lipinski definition) is 1. The van der Waals surface area contributed by atoms with Gasteiger partial charge in [0, 0.05) is 31.3 Å². The number of ether oxygens (including phenoxy) is 1. The van der Waals surface area contributed by atoms with E-state index in [1.54, 1.807) is 6.07 Å². The summed E-state index contributed by atoms with van der Waals surface area (Å²) in [4.78, 5) is 23.5. The molecule has 7 nitrogen and oxygen atoms in total. The lowest BCUT2D eigenvalue weighted by atomic mass is 10.2. The maximum absolute atomic E-state index is 12.3. The Morgan fingerprint density at radius 1 is 1.12 bits per heavy atom. The Morgan fingerprint density at radius 3 is 2.62 bits per heavy atom. The first kappa shape index (κ1) is 16.6. The summed E-state index contributed by atoms with van der Waals surface area (Å²) in [5, 5.41) is 3.01. The fraction of sp³-hybridized carbons (Fsp3) is 0.312. The van der Waals surface area contributed by atoms with Gasteiger partial charge in [-0.3, -0.25) is 14.8 Å². The lowest BCUT2D eigenvalue weighted by Gasteiger charge is -2.25. The minimum absolute atomic E-state index is 0. The van der Waals surface area contributed by atoms with Gasteiger partial charge in [0.25, 0.3) is 11.3 Å². The first-order valence-corrected chi connectivity index (χ1v) is 7.64. The summed E-state index contributed by atoms with van der Waals surface area (Å²) in [5.74, 6) is 1.04. The monoisotopic (exact) mass is 347 g/mol. The fourth-order valence-electron chi connectivity index (χ4n) is 2.72. The predicted octanol–water partition coefficient (Wildman–Crippen LogP) is 1.34. The number of nitrogens with zero attached hydrogens (tertiary/aromatic N) is 4. The molecule has 0 aliphatic carbocycles. The second kappa shape index (κ2) is 7.12. The number of nitrogens with one attached hydrogen (secondary N) is 1. The highest BCUT2D eigenvalue weighted by molar-refractivity contribution is 5.85. The summed E-state index contributed by atoms with van der Waals surface area (Å²) in [6.45, 7) is 3.81. The average molecular weight is 348 g/mol. The second-order valence-corrected chi connectivity index (χ2v) is 5.55. The highest BCUT2D eigenvalue weighted by Crippen LogP contribution is 2.14. The zero-order valence-electron chi connectivity index (χ0n) is 13.0. The normalized spacial score (nSPS) is 15.3. The van der Waals surface area contributed by atoms with Gasteiger partial charge in [-0.05, 0) is 0 Å². The molecule has 3 heterocycles. The van der Waals surface area contributed by atoms with E-state index in [1.165, 1.54) is 4.52 Å². The molecule has 2 aromatic heterocycles. The number of aromatic nitrogens is 4. The van der Waals surface area contributed by atoms with E-state index in [4.69, 9.17) is 4.74 Å². The van der Waals surface area contributed by atoms with Crippen molar-refractivity contribution in [3.8, 4) is 11.4 Å². The van der Waals surface area contributed by atoms with Crippen LogP contribution in [0, 0.1) is 0 Å². The van der Waals surface area contributed by atoms with Gasteiger partial charge in [-0.25, -0.2) is 4.98 Å². The van der Waals surface area contributed by atoms with Crippen LogP contribution in [0.15, 0.2) is 41.2 Å². The van der Waals surface area contributed by atoms with Gasteiger partial charge in [0.2, 0.25) is 0 Å². The molecule has 1 fully saturated rings. The summed E-state index contributed by atoms with van der Waals surface area (Å²) in [6, 6.07) is 11.3. The topological polar surface area (TPSA) is 75.5 Å². The Hall–Kier alpha value is -2.22. The van der Waals surface area contributed by atoms with E-state index < -0.39 is 0 Å². The Labute approximate surface area is 144 Å². The van der Waals surface area contributed by atoms with Crippen LogP contribution in [0.1, 0.15) is 5.69 Å². The number of fused-ring (bicyclic) bond motifs is 1. The van der Waals surface area contributed by atoms with E-state index in [-0.39, 0.29) is 18.0 Å². The molecule has 8 heteroatoms. The standard InChI is InChI=1S/C16H17N5O2.ClH/c22-14-10-13(11-20-6-8-23-9-7-20)17-16-18-15(19-21(14)16)12-4-2-1-3-5-12;/h1-5,10H,6-9,11H2,(H,17,18,19);1H. The molecule has 0 unspecified atom stereocenters. The van der Waals surface area contributed by atoms with Gasteiger partial charge >= 0.3 is 0 Å². The van der Waals surface area contributed by atoms with Gasteiger partial charge in [-0.1, -0.05) is 30.3 Å². The SMILES string of the molecule is Cl.O=c1cc(CN2CCOCC2)nc2nc(-c3ccccc3)[nH]n12. The van der Waals surface area contributed by atoms with E-state index >= 15 is 0 Å². The highest BCUT2D eigenvalue weighted by Gasteiger charge is 2.14. The number of morpholine rings is 1. The van der Waals surface area contributed by atoms with Crippen LogP contribution in [-0.4, -0.2) is 50.8 Å². The average Bonchev–Trinajstić information content (AvgIpc) is 3.01. The Kier molecular flexibility index (Phi) is 4.94. The van der Waals surface area contributed by atoms with Crippen LogP contribution in [0.2, 0.25) is 0 Å². The third-order valence-electron chi connectivity index (χ3n) is 3.92. The first-order chi connectivity index (χ1) is 11.3. The quantitative estimate of drug-likeness (QED) is 0.773. The van der Waals surface area contributed by atoms with Crippen molar-refractivity contribution in [3.05, 3.63) is 52.4 Å². The van der Waals surface area contributed by atoms with Crippen molar-refractivity contribution in [1.82, 2.24) is 24.5 Å². The summed E-state index contributed by atoms with van der Waals surface area (Å²) in [5.41, 5.74) is 1.52. The zero-order chi connectivity index (χ0) is 15.6. The minimum Gasteiger partial charge on any atom is -0.379 e. The third kappa shape index (κ3) is 3.33. The summed E-state index contributed by atoms with van der Waals surface area (Å²) in [6.07, 6.45) is 0. The van der Waals surface area contributed by atoms with Gasteiger partial charge in [-0.2, -0.15) is 9.50 Å². The molecular weight excluding hydrogens is 330 g/mol. The van der Waals surface area contributed by atoms with E-state index in [0.717, 1.165) is 37.6 Å². The Morgan fingerprint density at radius 2 is 1.88 bits per heavy atom. The smallest absolute Gasteiger partial charge is 0.274 e. The van der Waals surface area contributed by atoms with Crippen molar-refractivity contribution in [2.75, 3.05) is 26.3 Å². The number of hydrogen-bond acceptors (Lipinski definition) is 5. The molecule has 1 saturated heterocycles. The van der Waals surface area contributed by atoms with Crippen molar-refractivity contribution in [2.24, 2.45) is 0 Å². The largest absolute Gasteiger partial charge is 0.379 e. The lowest BCUT2D eigenvalue weighted by Crippen LogP contribution is -2.36. The van der Waals surface area contributed by atoms with Crippen molar-refractivity contribution >= 4 is 18.2 Å². The first-order valence-electron chi connectivity index (χ1n) is 7.64. The van der Waals surface area contributed by atoms with Crippen LogP contribution in [0.25, 0.3) is 17.2 Å². The van der Waals surface area contributed by atoms with Gasteiger partial charge in [0.05, 0.1) is 18.9 Å². The van der Waals surface area contributed by atoms with Crippen molar-refractivity contribution in [3.63, 3.8) is 0 Å². The molecule has 126 valence electrons. The van der Waals surface area contributed by atoms with Crippen molar-refractivity contribution in [2.45, 2.75) is 6.54 Å². The van der Waals surface area contributed by atoms with Gasteiger partial charge in [0.1, 0.15) is 0 Å². The van der Waals surface area contributed by atoms with Gasteiger partial charge in [0.15, 0.2) is 5.82 Å². The molecule has 1 N–H and O–H groups in total. The minimum atomic E-state index is -0.145. The Balaban J connectivity index is 0.00000169. The van der Waals surface area contributed by atoms with E-state index in [1.807, 2.05) is 30.3 Å². The molecule has 3 aromatic rings. The number of benzene rings is 1. The molecule has 0 radical (unpaired) electrons. The van der Waals surface area contributed by atoms with Crippen molar-refractivity contribution < 1.29 is 4.74 Å². The maximum atomic E-state index is 12.3. The second-order valence-electron chi connectivity index (χ2n) is 5.55. The van der Waals surface area contributed by atoms with E-state index in [2.05, 4.69) is 20.0 Å². The van der Waals surface area contributed by atoms with Crippen LogP contribution in [-0.2, 0) is 11.3 Å². The van der Waals surface area contributed by atoms with Crippen LogP contribution >= 0.6 is 12.4 Å². The van der Waals surface area contributed by atoms with E-state index in [0.29, 0.717) is 18.1 Å². The molecule has 1 aliphatic rings. The molecule has 0 atom stereocenters. The third-order valence-corrected chi connectivity index (χ3v) is 3.92. The number of rotatable bonds is 3. The number of H-pyrrole nitrogens is 1. The molecule has 0 spiro atoms. The summed E-state index contributed by atoms with van der Waals surface area (Å²) >= 11 is 0. The lowest BCUT2D eigenvalue weighted by molar-refractivity contribution is 0.0336. The Bertz CT molecular complexity index is 871. The molecule has 1 aromatic carbocycles. The van der Waals surface area contributed by atoms with Gasteiger partial charge < -0.3 is 4.74 Å². The fourth-order valence-corrected chi connectivity index (χ4v) is 2.72. The van der Waals surface area contributed by atoms with E-state index in [9.17, 15) is 4.79 Å². The number of halogens is 1. The summed E-state index contributed by atoms with van der Waals surface area (Å²) < 4.78 is 6.72. The van der Waals surface area contributed by atoms with Crippen LogP contribution in [0.4, 0.5) is 0 Å². The van der Waals surface area contributed by atoms with Crippen molar-refractivity contribution in [1.29, 1.82) is 0 Å². The molecule has 0 saturated carbocycles. The van der Waals surface area contributed by atoms with Crippen LogP contribution in [0.5, 0.6) is 0 Å². The number of aromatic amines is 1. The molecule has 24 heavy (non-hydrogen) atoms. The highest BCUT2D eigenvalue weighted by atomic mass is 35.5. The maximum Gasteiger partial charge on any atom is 0.274 e. The van der Waals surface area contributed by atoms with Crippen LogP contribution < -0.4 is 5.56 Å². The summed E-state index contributed by atoms with van der Waals surface area (Å²) in [7, 11) is 0. The van der Waals surface area contributed by atoms with Crippen LogP contribution in [0.3, 0.4) is 0 Å². The van der Waals surface area contributed by atoms with Gasteiger partial charge in [-0.15, -0.1) is 12.4 Å². The molecule has 1 aliphatic heterocycles. The zero-order valence-corrected chi connectivity index (χ0v) is 13.8. The molecular formula is C16H18ClN5O2. The molecule has 0 bridgehead atoms. The molecule has 4 rings (SSSR count). The molecule has 0 amide bonds.